The second kappa shape index (κ2) is 8.25. The number of nitro groups is 1. The minimum Gasteiger partial charge on any atom is -0.504 e. The highest BCUT2D eigenvalue weighted by molar-refractivity contribution is 5.53. The summed E-state index contributed by atoms with van der Waals surface area (Å²) in [6.45, 7) is 3.72. The van der Waals surface area contributed by atoms with Gasteiger partial charge in [0, 0.05) is 43.3 Å². The molecule has 0 unspecified atom stereocenters. The van der Waals surface area contributed by atoms with Crippen molar-refractivity contribution in [3.8, 4) is 11.5 Å². The van der Waals surface area contributed by atoms with Gasteiger partial charge in [-0.15, -0.1) is 0 Å². The molecule has 1 aromatic rings. The third-order valence-corrected chi connectivity index (χ3v) is 6.98. The van der Waals surface area contributed by atoms with Crippen LogP contribution >= 0.6 is 0 Å². The van der Waals surface area contributed by atoms with Crippen molar-refractivity contribution in [3.05, 3.63) is 27.8 Å². The third-order valence-electron chi connectivity index (χ3n) is 6.98. The lowest BCUT2D eigenvalue weighted by Gasteiger charge is -2.49. The molecule has 1 N–H and O–H groups in total. The lowest BCUT2D eigenvalue weighted by atomic mass is 9.78. The summed E-state index contributed by atoms with van der Waals surface area (Å²) in [4.78, 5) is 16.0. The van der Waals surface area contributed by atoms with Gasteiger partial charge in [0.25, 0.3) is 5.69 Å². The molecule has 2 atom stereocenters. The normalized spacial score (nSPS) is 26.9. The van der Waals surface area contributed by atoms with Crippen LogP contribution in [0.15, 0.2) is 12.1 Å². The van der Waals surface area contributed by atoms with Gasteiger partial charge < -0.3 is 9.84 Å². The zero-order valence-electron chi connectivity index (χ0n) is 16.7. The van der Waals surface area contributed by atoms with E-state index >= 15 is 0 Å². The van der Waals surface area contributed by atoms with Crippen LogP contribution < -0.4 is 4.74 Å². The molecule has 1 aliphatic carbocycles. The summed E-state index contributed by atoms with van der Waals surface area (Å²) in [7, 11) is 1.44. The molecule has 2 aliphatic heterocycles. The van der Waals surface area contributed by atoms with E-state index in [-0.39, 0.29) is 17.2 Å². The molecule has 3 aliphatic rings. The fraction of sp³-hybridized carbons (Fsp3) is 0.714. The predicted molar refractivity (Wildman–Crippen MR) is 107 cm³/mol. The minimum absolute atomic E-state index is 0.0293. The molecule has 0 radical (unpaired) electrons. The lowest BCUT2D eigenvalue weighted by Crippen LogP contribution is -2.59. The zero-order valence-corrected chi connectivity index (χ0v) is 16.7. The highest BCUT2D eigenvalue weighted by Crippen LogP contribution is 2.40. The van der Waals surface area contributed by atoms with Gasteiger partial charge in [-0.25, -0.2) is 0 Å². The number of nitro benzene ring substituents is 1. The number of rotatable bonds is 5. The van der Waals surface area contributed by atoms with E-state index in [1.807, 2.05) is 0 Å². The van der Waals surface area contributed by atoms with Crippen LogP contribution in [0.1, 0.15) is 50.5 Å². The summed E-state index contributed by atoms with van der Waals surface area (Å²) >= 11 is 0. The Hall–Kier alpha value is -1.86. The van der Waals surface area contributed by atoms with Crippen molar-refractivity contribution in [2.24, 2.45) is 5.92 Å². The van der Waals surface area contributed by atoms with Crippen LogP contribution in [-0.4, -0.2) is 58.7 Å². The summed E-state index contributed by atoms with van der Waals surface area (Å²) in [5.41, 5.74) is 0.566. The lowest BCUT2D eigenvalue weighted by molar-refractivity contribution is -0.385. The Balaban J connectivity index is 1.63. The maximum Gasteiger partial charge on any atom is 0.273 e. The van der Waals surface area contributed by atoms with Gasteiger partial charge in [-0.3, -0.25) is 19.9 Å². The number of phenols is 1. The van der Waals surface area contributed by atoms with Gasteiger partial charge in [0.15, 0.2) is 11.5 Å². The Morgan fingerprint density at radius 1 is 1.14 bits per heavy atom. The standard InChI is InChI=1S/C21H31N3O4/c1-28-19-13-17(24(26)27)12-16(21(19)25)14-23-11-10-22-9-5-8-18(22)20(23)15-6-3-2-4-7-15/h12-13,15,18,20,25H,2-11,14H2,1H3/t18-,20-/m1/s1. The first-order valence-electron chi connectivity index (χ1n) is 10.6. The Morgan fingerprint density at radius 2 is 1.93 bits per heavy atom. The monoisotopic (exact) mass is 389 g/mol. The van der Waals surface area contributed by atoms with Gasteiger partial charge >= 0.3 is 0 Å². The molecule has 0 bridgehead atoms. The zero-order chi connectivity index (χ0) is 19.7. The molecule has 1 saturated carbocycles. The molecule has 0 spiro atoms. The molecule has 0 aromatic heterocycles. The van der Waals surface area contributed by atoms with Crippen LogP contribution in [0.5, 0.6) is 11.5 Å². The van der Waals surface area contributed by atoms with Crippen molar-refractivity contribution in [1.29, 1.82) is 0 Å². The van der Waals surface area contributed by atoms with Crippen molar-refractivity contribution < 1.29 is 14.8 Å². The quantitative estimate of drug-likeness (QED) is 0.613. The van der Waals surface area contributed by atoms with E-state index < -0.39 is 4.92 Å². The second-order valence-corrected chi connectivity index (χ2v) is 8.52. The van der Waals surface area contributed by atoms with Crippen LogP contribution in [0.3, 0.4) is 0 Å². The van der Waals surface area contributed by atoms with Crippen LogP contribution in [0.25, 0.3) is 0 Å². The first-order chi connectivity index (χ1) is 13.6. The maximum atomic E-state index is 11.3. The summed E-state index contributed by atoms with van der Waals surface area (Å²) in [6, 6.07) is 3.86. The number of hydrogen-bond acceptors (Lipinski definition) is 6. The van der Waals surface area contributed by atoms with Crippen LogP contribution in [-0.2, 0) is 6.54 Å². The van der Waals surface area contributed by atoms with Crippen LogP contribution in [0.2, 0.25) is 0 Å². The van der Waals surface area contributed by atoms with E-state index in [1.165, 1.54) is 70.7 Å². The molecule has 154 valence electrons. The van der Waals surface area contributed by atoms with Crippen LogP contribution in [0.4, 0.5) is 5.69 Å². The van der Waals surface area contributed by atoms with Crippen molar-refractivity contribution in [2.45, 2.75) is 63.6 Å². The number of piperazine rings is 1. The van der Waals surface area contributed by atoms with Crippen molar-refractivity contribution in [1.82, 2.24) is 9.80 Å². The van der Waals surface area contributed by atoms with Crippen molar-refractivity contribution in [2.75, 3.05) is 26.7 Å². The fourth-order valence-corrected chi connectivity index (χ4v) is 5.69. The highest BCUT2D eigenvalue weighted by Gasteiger charge is 2.43. The Labute approximate surface area is 166 Å². The number of nitrogens with zero attached hydrogens (tertiary/aromatic N) is 3. The number of methoxy groups -OCH3 is 1. The molecular weight excluding hydrogens is 358 g/mol. The molecule has 2 heterocycles. The number of benzene rings is 1. The smallest absolute Gasteiger partial charge is 0.273 e. The largest absolute Gasteiger partial charge is 0.504 e. The number of aromatic hydroxyl groups is 1. The summed E-state index contributed by atoms with van der Waals surface area (Å²) in [6.07, 6.45) is 8.99. The SMILES string of the molecule is COc1cc([N+](=O)[O-])cc(CN2CCN3CCC[C@@H]3[C@H]2C2CCCCC2)c1O. The fourth-order valence-electron chi connectivity index (χ4n) is 5.69. The molecule has 2 saturated heterocycles. The first kappa shape index (κ1) is 19.5. The number of non-ortho nitro benzene ring substituents is 1. The van der Waals surface area contributed by atoms with E-state index in [0.717, 1.165) is 13.1 Å². The number of phenolic OH excluding ortho intramolecular Hbond substituents is 1. The van der Waals surface area contributed by atoms with E-state index in [2.05, 4.69) is 9.80 Å². The van der Waals surface area contributed by atoms with Gasteiger partial charge in [0.05, 0.1) is 18.1 Å². The molecule has 0 amide bonds. The van der Waals surface area contributed by atoms with E-state index in [4.69, 9.17) is 4.74 Å². The summed E-state index contributed by atoms with van der Waals surface area (Å²) in [5.74, 6) is 0.893. The molecule has 7 heteroatoms. The number of ether oxygens (including phenoxy) is 1. The van der Waals surface area contributed by atoms with Gasteiger partial charge in [0.2, 0.25) is 0 Å². The average molecular weight is 389 g/mol. The second-order valence-electron chi connectivity index (χ2n) is 8.52. The molecule has 3 fully saturated rings. The van der Waals surface area contributed by atoms with Gasteiger partial charge in [-0.05, 0) is 38.1 Å². The van der Waals surface area contributed by atoms with E-state index in [1.54, 1.807) is 0 Å². The Kier molecular flexibility index (Phi) is 5.73. The number of fused-ring (bicyclic) bond motifs is 1. The maximum absolute atomic E-state index is 11.3. The van der Waals surface area contributed by atoms with Gasteiger partial charge in [-0.1, -0.05) is 19.3 Å². The number of hydrogen-bond donors (Lipinski definition) is 1. The Bertz CT molecular complexity index is 720. The molecule has 7 nitrogen and oxygen atoms in total. The van der Waals surface area contributed by atoms with E-state index in [9.17, 15) is 15.2 Å². The highest BCUT2D eigenvalue weighted by atomic mass is 16.6. The van der Waals surface area contributed by atoms with Gasteiger partial charge in [0.1, 0.15) is 0 Å². The topological polar surface area (TPSA) is 79.1 Å². The molecule has 28 heavy (non-hydrogen) atoms. The molecule has 4 rings (SSSR count). The van der Waals surface area contributed by atoms with Gasteiger partial charge in [-0.2, -0.15) is 0 Å². The third kappa shape index (κ3) is 3.70. The predicted octanol–water partition coefficient (Wildman–Crippen LogP) is 3.54. The molecular formula is C21H31N3O4. The van der Waals surface area contributed by atoms with Crippen LogP contribution in [0, 0.1) is 16.0 Å². The summed E-state index contributed by atoms with van der Waals surface area (Å²) < 4.78 is 5.20. The molecule has 1 aromatic carbocycles. The average Bonchev–Trinajstić information content (AvgIpc) is 3.18. The summed E-state index contributed by atoms with van der Waals surface area (Å²) in [5, 5.41) is 22.0. The van der Waals surface area contributed by atoms with Crippen molar-refractivity contribution >= 4 is 5.69 Å². The first-order valence-corrected chi connectivity index (χ1v) is 10.6. The Morgan fingerprint density at radius 3 is 2.64 bits per heavy atom. The van der Waals surface area contributed by atoms with Crippen molar-refractivity contribution in [3.63, 3.8) is 0 Å². The minimum atomic E-state index is -0.418. The van der Waals surface area contributed by atoms with E-state index in [0.29, 0.717) is 30.1 Å².